The number of carboxylic acids is 1. The zero-order chi connectivity index (χ0) is 20.0. The van der Waals surface area contributed by atoms with E-state index in [0.29, 0.717) is 28.3 Å². The summed E-state index contributed by atoms with van der Waals surface area (Å²) in [5, 5.41) is 18.3. The van der Waals surface area contributed by atoms with E-state index in [2.05, 4.69) is 41.8 Å². The number of hydrogen-bond acceptors (Lipinski definition) is 5. The average molecular weight is 386 g/mol. The third-order valence-electron chi connectivity index (χ3n) is 4.09. The van der Waals surface area contributed by atoms with Crippen molar-refractivity contribution in [2.45, 2.75) is 46.5 Å². The highest BCUT2D eigenvalue weighted by Gasteiger charge is 2.10. The van der Waals surface area contributed by atoms with Gasteiger partial charge in [0.05, 0.1) is 5.71 Å². The minimum atomic E-state index is -1.10. The van der Waals surface area contributed by atoms with Crippen molar-refractivity contribution in [2.75, 3.05) is 5.32 Å². The Kier molecular flexibility index (Phi) is 7.12. The summed E-state index contributed by atoms with van der Waals surface area (Å²) in [4.78, 5) is 10.6. The van der Waals surface area contributed by atoms with Crippen LogP contribution in [0.3, 0.4) is 0 Å². The molecule has 0 unspecified atom stereocenters. The number of carbonyl (C=O) groups is 1. The Morgan fingerprint density at radius 2 is 1.96 bits per heavy atom. The lowest BCUT2D eigenvalue weighted by Crippen LogP contribution is -2.25. The van der Waals surface area contributed by atoms with Crippen LogP contribution in [0.2, 0.25) is 0 Å². The lowest BCUT2D eigenvalue weighted by Gasteiger charge is -2.10. The summed E-state index contributed by atoms with van der Waals surface area (Å²) in [5.41, 5.74) is 6.46. The summed E-state index contributed by atoms with van der Waals surface area (Å²) in [5.74, 6) is 0.642. The predicted molar refractivity (Wildman–Crippen MR) is 109 cm³/mol. The molecule has 27 heavy (non-hydrogen) atoms. The zero-order valence-electron chi connectivity index (χ0n) is 16.0. The maximum Gasteiger partial charge on any atom is 0.191 e. The molecule has 0 aliphatic heterocycles. The van der Waals surface area contributed by atoms with Crippen molar-refractivity contribution in [1.82, 2.24) is 5.43 Å². The second-order valence-corrected chi connectivity index (χ2v) is 7.00. The van der Waals surface area contributed by atoms with Crippen molar-refractivity contribution in [1.29, 1.82) is 0 Å². The third-order valence-corrected chi connectivity index (χ3v) is 4.29. The van der Waals surface area contributed by atoms with E-state index in [1.165, 1.54) is 5.56 Å². The number of carboxylic acid groups (broad SMARTS) is 1. The monoisotopic (exact) mass is 386 g/mol. The molecular weight excluding hydrogens is 362 g/mol. The maximum atomic E-state index is 10.6. The van der Waals surface area contributed by atoms with Gasteiger partial charge in [-0.25, -0.2) is 0 Å². The summed E-state index contributed by atoms with van der Waals surface area (Å²) in [6.07, 6.45) is 0.209. The van der Waals surface area contributed by atoms with Crippen LogP contribution in [0.1, 0.15) is 55.8 Å². The number of carbonyl (C=O) groups excluding carboxylic acids is 1. The van der Waals surface area contributed by atoms with Crippen molar-refractivity contribution >= 4 is 34.7 Å². The standard InChI is InChI=1S/C20H25N3O3S/c1-12(2)15-5-7-16(8-6-15)21-20(27)23-22-13(3)18-11-17(26-14(18)4)9-10-19(24)25/h5-8,11-12H,9-10H2,1-4H3,(H,24,25)(H2,21,23,27)/p-1/b22-13-. The normalized spacial score (nSPS) is 11.5. The van der Waals surface area contributed by atoms with E-state index in [0.717, 1.165) is 11.3 Å². The fourth-order valence-corrected chi connectivity index (χ4v) is 2.72. The largest absolute Gasteiger partial charge is 0.550 e. The Morgan fingerprint density at radius 3 is 2.56 bits per heavy atom. The highest BCUT2D eigenvalue weighted by atomic mass is 32.1. The molecule has 2 N–H and O–H groups in total. The van der Waals surface area contributed by atoms with Crippen LogP contribution in [0.4, 0.5) is 5.69 Å². The first-order chi connectivity index (χ1) is 12.8. The topological polar surface area (TPSA) is 89.7 Å². The molecule has 0 amide bonds. The van der Waals surface area contributed by atoms with Crippen molar-refractivity contribution in [2.24, 2.45) is 5.10 Å². The van der Waals surface area contributed by atoms with Gasteiger partial charge in [-0.05, 0) is 62.2 Å². The van der Waals surface area contributed by atoms with Gasteiger partial charge < -0.3 is 19.6 Å². The smallest absolute Gasteiger partial charge is 0.191 e. The number of thiocarbonyl (C=S) groups is 1. The molecule has 2 aromatic rings. The minimum absolute atomic E-state index is 0.0789. The number of hydrazone groups is 1. The highest BCUT2D eigenvalue weighted by Crippen LogP contribution is 2.18. The van der Waals surface area contributed by atoms with Gasteiger partial charge in [-0.3, -0.25) is 5.43 Å². The van der Waals surface area contributed by atoms with Crippen LogP contribution in [-0.4, -0.2) is 16.8 Å². The van der Waals surface area contributed by atoms with Crippen LogP contribution in [0, 0.1) is 6.92 Å². The number of anilines is 1. The number of aliphatic carboxylic acids is 1. The molecular formula is C20H24N3O3S-. The number of rotatable bonds is 7. The number of benzene rings is 1. The average Bonchev–Trinajstić information content (AvgIpc) is 2.99. The van der Waals surface area contributed by atoms with Gasteiger partial charge in [-0.2, -0.15) is 5.10 Å². The van der Waals surface area contributed by atoms with Gasteiger partial charge in [0.1, 0.15) is 11.5 Å². The van der Waals surface area contributed by atoms with E-state index < -0.39 is 5.97 Å². The van der Waals surface area contributed by atoms with Gasteiger partial charge in [0.15, 0.2) is 5.11 Å². The molecule has 0 radical (unpaired) electrons. The molecule has 0 saturated carbocycles. The Balaban J connectivity index is 1.96. The lowest BCUT2D eigenvalue weighted by molar-refractivity contribution is -0.305. The van der Waals surface area contributed by atoms with Gasteiger partial charge in [-0.15, -0.1) is 0 Å². The van der Waals surface area contributed by atoms with E-state index in [1.54, 1.807) is 6.07 Å². The van der Waals surface area contributed by atoms with E-state index >= 15 is 0 Å². The number of aryl methyl sites for hydroxylation is 2. The van der Waals surface area contributed by atoms with E-state index in [1.807, 2.05) is 26.0 Å². The van der Waals surface area contributed by atoms with Crippen molar-refractivity contribution in [3.8, 4) is 0 Å². The summed E-state index contributed by atoms with van der Waals surface area (Å²) in [7, 11) is 0. The zero-order valence-corrected chi connectivity index (χ0v) is 16.8. The second-order valence-electron chi connectivity index (χ2n) is 6.59. The third kappa shape index (κ3) is 6.21. The highest BCUT2D eigenvalue weighted by molar-refractivity contribution is 7.80. The molecule has 0 bridgehead atoms. The summed E-state index contributed by atoms with van der Waals surface area (Å²) >= 11 is 5.27. The lowest BCUT2D eigenvalue weighted by atomic mass is 10.0. The first kappa shape index (κ1) is 20.6. The first-order valence-corrected chi connectivity index (χ1v) is 9.18. The fraction of sp³-hybridized carbons (Fsp3) is 0.350. The van der Waals surface area contributed by atoms with Crippen LogP contribution < -0.4 is 15.8 Å². The van der Waals surface area contributed by atoms with Crippen LogP contribution in [0.5, 0.6) is 0 Å². The molecule has 1 heterocycles. The number of furan rings is 1. The molecule has 0 aliphatic carbocycles. The molecule has 6 nitrogen and oxygen atoms in total. The summed E-state index contributed by atoms with van der Waals surface area (Å²) in [6, 6.07) is 9.87. The quantitative estimate of drug-likeness (QED) is 0.432. The molecule has 1 aromatic heterocycles. The minimum Gasteiger partial charge on any atom is -0.550 e. The molecule has 0 spiro atoms. The molecule has 0 aliphatic rings. The van der Waals surface area contributed by atoms with E-state index in [9.17, 15) is 9.90 Å². The molecule has 0 saturated heterocycles. The Labute approximate surface area is 164 Å². The molecule has 144 valence electrons. The van der Waals surface area contributed by atoms with Crippen molar-refractivity contribution < 1.29 is 14.3 Å². The van der Waals surface area contributed by atoms with Crippen LogP contribution in [0.15, 0.2) is 39.9 Å². The van der Waals surface area contributed by atoms with Gasteiger partial charge >= 0.3 is 0 Å². The SMILES string of the molecule is C/C(=N/NC(=S)Nc1ccc(C(C)C)cc1)c1cc(CCC(=O)[O-])oc1C. The fourth-order valence-electron chi connectivity index (χ4n) is 2.56. The summed E-state index contributed by atoms with van der Waals surface area (Å²) in [6.45, 7) is 7.93. The van der Waals surface area contributed by atoms with E-state index in [4.69, 9.17) is 16.6 Å². The van der Waals surface area contributed by atoms with Crippen LogP contribution >= 0.6 is 12.2 Å². The predicted octanol–water partition coefficient (Wildman–Crippen LogP) is 3.10. The molecule has 7 heteroatoms. The summed E-state index contributed by atoms with van der Waals surface area (Å²) < 4.78 is 5.57. The Hall–Kier alpha value is -2.67. The van der Waals surface area contributed by atoms with Crippen molar-refractivity contribution in [3.05, 3.63) is 53.0 Å². The molecule has 0 fully saturated rings. The molecule has 1 aromatic carbocycles. The van der Waals surface area contributed by atoms with E-state index in [-0.39, 0.29) is 12.8 Å². The van der Waals surface area contributed by atoms with Gasteiger partial charge in [0.25, 0.3) is 0 Å². The number of nitrogens with one attached hydrogen (secondary N) is 2. The molecule has 0 atom stereocenters. The molecule has 2 rings (SSSR count). The van der Waals surface area contributed by atoms with Crippen LogP contribution in [0.25, 0.3) is 0 Å². The first-order valence-electron chi connectivity index (χ1n) is 8.77. The maximum absolute atomic E-state index is 10.6. The Bertz CT molecular complexity index is 839. The number of hydrogen-bond donors (Lipinski definition) is 2. The Morgan fingerprint density at radius 1 is 1.30 bits per heavy atom. The van der Waals surface area contributed by atoms with Gasteiger partial charge in [-0.1, -0.05) is 26.0 Å². The van der Waals surface area contributed by atoms with Gasteiger partial charge in [0.2, 0.25) is 0 Å². The van der Waals surface area contributed by atoms with Crippen LogP contribution in [-0.2, 0) is 11.2 Å². The van der Waals surface area contributed by atoms with Crippen molar-refractivity contribution in [3.63, 3.8) is 0 Å². The van der Waals surface area contributed by atoms with Gasteiger partial charge in [0, 0.05) is 23.6 Å². The second kappa shape index (κ2) is 9.32. The number of nitrogens with zero attached hydrogens (tertiary/aromatic N) is 1.